The smallest absolute Gasteiger partial charge is 0.175 e. The second-order valence-corrected chi connectivity index (χ2v) is 15.1. The van der Waals surface area contributed by atoms with Crippen LogP contribution in [0.15, 0.2) is 18.2 Å². The number of fused-ring (bicyclic) bond motifs is 1. The van der Waals surface area contributed by atoms with Crippen molar-refractivity contribution in [2.24, 2.45) is 0 Å². The van der Waals surface area contributed by atoms with E-state index in [9.17, 15) is 0 Å². The van der Waals surface area contributed by atoms with Gasteiger partial charge in [0.05, 0.1) is 18.9 Å². The first kappa shape index (κ1) is 39.5. The first-order valence-electron chi connectivity index (χ1n) is 19.3. The molecule has 0 aliphatic rings. The zero-order valence-corrected chi connectivity index (χ0v) is 31.5. The summed E-state index contributed by atoms with van der Waals surface area (Å²) in [6.07, 6.45) is 26.6. The Morgan fingerprint density at radius 3 is 1.64 bits per heavy atom. The summed E-state index contributed by atoms with van der Waals surface area (Å²) in [6.45, 7) is 13.7. The van der Waals surface area contributed by atoms with Crippen molar-refractivity contribution in [2.75, 3.05) is 13.2 Å². The van der Waals surface area contributed by atoms with E-state index in [0.29, 0.717) is 18.2 Å². The number of unbranched alkanes of at least 4 members (excludes halogenated alkanes) is 18. The molecule has 0 unspecified atom stereocenters. The van der Waals surface area contributed by atoms with E-state index >= 15 is 0 Å². The number of ether oxygens (including phenoxy) is 2. The fourth-order valence-electron chi connectivity index (χ4n) is 6.24. The highest BCUT2D eigenvalue weighted by atomic mass is 35.5. The SMILES string of the molecule is CCCCCCCCCCCCOCc1ccc(-c2nn3nc(C(C)(C)C)c(Cl)c3[nH]2)c(COCCCCCCCCCCCC)c1. The second kappa shape index (κ2) is 22.7. The molecule has 0 spiro atoms. The molecule has 2 aromatic heterocycles. The summed E-state index contributed by atoms with van der Waals surface area (Å²) in [5, 5.41) is 10.1. The van der Waals surface area contributed by atoms with Gasteiger partial charge in [-0.25, -0.2) is 0 Å². The Hall–Kier alpha value is -1.89. The largest absolute Gasteiger partial charge is 0.377 e. The van der Waals surface area contributed by atoms with Gasteiger partial charge in [0.25, 0.3) is 0 Å². The van der Waals surface area contributed by atoms with E-state index in [1.165, 1.54) is 121 Å². The number of benzene rings is 1. The zero-order chi connectivity index (χ0) is 33.7. The van der Waals surface area contributed by atoms with Crippen LogP contribution in [0.3, 0.4) is 0 Å². The highest BCUT2D eigenvalue weighted by Crippen LogP contribution is 2.32. The molecule has 0 atom stereocenters. The molecule has 3 rings (SSSR count). The lowest BCUT2D eigenvalue weighted by atomic mass is 9.92. The lowest BCUT2D eigenvalue weighted by Gasteiger charge is -2.15. The number of hydrogen-bond donors (Lipinski definition) is 1. The summed E-state index contributed by atoms with van der Waals surface area (Å²) in [5.41, 5.74) is 4.72. The highest BCUT2D eigenvalue weighted by Gasteiger charge is 2.25. The summed E-state index contributed by atoms with van der Waals surface area (Å²) in [5.74, 6) is 0.755. The zero-order valence-electron chi connectivity index (χ0n) is 30.7. The lowest BCUT2D eigenvalue weighted by molar-refractivity contribution is 0.113. The quantitative estimate of drug-likeness (QED) is 0.0820. The molecular weight excluding hydrogens is 604 g/mol. The molecule has 0 radical (unpaired) electrons. The Bertz CT molecular complexity index is 1250. The molecular formula is C40H67ClN4O2. The number of nitrogens with one attached hydrogen (secondary N) is 1. The van der Waals surface area contributed by atoms with E-state index in [2.05, 4.69) is 57.8 Å². The third-order valence-corrected chi connectivity index (χ3v) is 9.55. The van der Waals surface area contributed by atoms with Crippen LogP contribution in [0, 0.1) is 0 Å². The predicted octanol–water partition coefficient (Wildman–Crippen LogP) is 12.6. The minimum absolute atomic E-state index is 0.158. The first-order valence-corrected chi connectivity index (χ1v) is 19.7. The maximum atomic E-state index is 6.75. The van der Waals surface area contributed by atoms with Crippen molar-refractivity contribution >= 4 is 17.2 Å². The molecule has 0 bridgehead atoms. The van der Waals surface area contributed by atoms with Gasteiger partial charge in [0, 0.05) is 24.2 Å². The maximum Gasteiger partial charge on any atom is 0.175 e. The number of H-pyrrole nitrogens is 1. The van der Waals surface area contributed by atoms with Crippen LogP contribution in [0.25, 0.3) is 17.0 Å². The van der Waals surface area contributed by atoms with Gasteiger partial charge in [-0.3, -0.25) is 0 Å². The Labute approximate surface area is 292 Å². The van der Waals surface area contributed by atoms with Crippen molar-refractivity contribution in [1.82, 2.24) is 19.8 Å². The van der Waals surface area contributed by atoms with Crippen LogP contribution in [0.4, 0.5) is 0 Å². The number of rotatable bonds is 27. The number of hydrogen-bond acceptors (Lipinski definition) is 4. The second-order valence-electron chi connectivity index (χ2n) is 14.7. The summed E-state index contributed by atoms with van der Waals surface area (Å²) in [7, 11) is 0. The molecule has 0 saturated carbocycles. The van der Waals surface area contributed by atoms with Gasteiger partial charge in [0.2, 0.25) is 0 Å². The maximum absolute atomic E-state index is 6.75. The highest BCUT2D eigenvalue weighted by molar-refractivity contribution is 6.34. The Morgan fingerprint density at radius 1 is 0.660 bits per heavy atom. The van der Waals surface area contributed by atoms with Gasteiger partial charge in [-0.05, 0) is 24.0 Å². The van der Waals surface area contributed by atoms with Gasteiger partial charge in [-0.15, -0.1) is 9.73 Å². The molecule has 1 aromatic carbocycles. The monoisotopic (exact) mass is 670 g/mol. The molecule has 7 heteroatoms. The van der Waals surface area contributed by atoms with Crippen LogP contribution in [0.5, 0.6) is 0 Å². The first-order chi connectivity index (χ1) is 22.8. The van der Waals surface area contributed by atoms with Gasteiger partial charge < -0.3 is 14.5 Å². The van der Waals surface area contributed by atoms with Crippen molar-refractivity contribution in [3.63, 3.8) is 0 Å². The van der Waals surface area contributed by atoms with E-state index in [1.807, 2.05) is 0 Å². The van der Waals surface area contributed by atoms with Gasteiger partial charge in [-0.1, -0.05) is 180 Å². The van der Waals surface area contributed by atoms with Crippen molar-refractivity contribution < 1.29 is 9.47 Å². The Kier molecular flexibility index (Phi) is 19.1. The van der Waals surface area contributed by atoms with Crippen molar-refractivity contribution in [3.8, 4) is 11.4 Å². The van der Waals surface area contributed by atoms with E-state index in [0.717, 1.165) is 54.3 Å². The molecule has 3 aromatic rings. The topological polar surface area (TPSA) is 64.4 Å². The standard InChI is InChI=1S/C40H67ClN4O2/c1-6-8-10-12-14-16-18-20-22-24-28-46-31-33-26-27-35(38-42-39-36(41)37(40(3,4)5)43-45(39)44-38)34(30-33)32-47-29-25-23-21-19-17-15-13-11-9-7-2/h26-27,30H,6-25,28-29,31-32H2,1-5H3,(H,42,44). The minimum atomic E-state index is -0.158. The Morgan fingerprint density at radius 2 is 1.15 bits per heavy atom. The van der Waals surface area contributed by atoms with Crippen LogP contribution in [0.2, 0.25) is 5.02 Å². The van der Waals surface area contributed by atoms with Crippen LogP contribution in [-0.4, -0.2) is 33.0 Å². The van der Waals surface area contributed by atoms with Crippen molar-refractivity contribution in [3.05, 3.63) is 40.0 Å². The number of aromatic nitrogens is 4. The third kappa shape index (κ3) is 14.6. The van der Waals surface area contributed by atoms with E-state index in [-0.39, 0.29) is 5.41 Å². The number of halogens is 1. The average Bonchev–Trinajstić information content (AvgIpc) is 3.61. The van der Waals surface area contributed by atoms with E-state index in [4.69, 9.17) is 31.3 Å². The number of nitrogens with zero attached hydrogens (tertiary/aromatic N) is 3. The molecule has 266 valence electrons. The fourth-order valence-corrected chi connectivity index (χ4v) is 6.68. The third-order valence-electron chi connectivity index (χ3n) is 9.19. The molecule has 0 amide bonds. The van der Waals surface area contributed by atoms with E-state index in [1.54, 1.807) is 4.63 Å². The Balaban J connectivity index is 1.49. The normalized spacial score (nSPS) is 12.1. The van der Waals surface area contributed by atoms with Crippen molar-refractivity contribution in [2.45, 2.75) is 182 Å². The molecule has 0 aliphatic carbocycles. The predicted molar refractivity (Wildman–Crippen MR) is 199 cm³/mol. The molecule has 6 nitrogen and oxygen atoms in total. The summed E-state index contributed by atoms with van der Waals surface area (Å²) in [6, 6.07) is 6.50. The van der Waals surface area contributed by atoms with Crippen LogP contribution in [-0.2, 0) is 28.1 Å². The molecule has 0 fully saturated rings. The van der Waals surface area contributed by atoms with Crippen molar-refractivity contribution in [1.29, 1.82) is 0 Å². The molecule has 0 aliphatic heterocycles. The molecule has 2 heterocycles. The van der Waals surface area contributed by atoms with Gasteiger partial charge >= 0.3 is 0 Å². The molecule has 1 N–H and O–H groups in total. The average molecular weight is 671 g/mol. The fraction of sp³-hybridized carbons (Fsp3) is 0.750. The summed E-state index contributed by atoms with van der Waals surface area (Å²) < 4.78 is 14.0. The number of aromatic amines is 1. The minimum Gasteiger partial charge on any atom is -0.377 e. The summed E-state index contributed by atoms with van der Waals surface area (Å²) in [4.78, 5) is 3.44. The van der Waals surface area contributed by atoms with Crippen LogP contribution in [0.1, 0.15) is 180 Å². The summed E-state index contributed by atoms with van der Waals surface area (Å²) >= 11 is 6.75. The van der Waals surface area contributed by atoms with Crippen LogP contribution < -0.4 is 0 Å². The molecule has 0 saturated heterocycles. The van der Waals surface area contributed by atoms with Gasteiger partial charge in [0.15, 0.2) is 11.5 Å². The van der Waals surface area contributed by atoms with Gasteiger partial charge in [-0.2, -0.15) is 5.10 Å². The van der Waals surface area contributed by atoms with Crippen LogP contribution >= 0.6 is 11.6 Å². The molecule has 47 heavy (non-hydrogen) atoms. The lowest BCUT2D eigenvalue weighted by Crippen LogP contribution is -2.13. The van der Waals surface area contributed by atoms with E-state index < -0.39 is 0 Å². The van der Waals surface area contributed by atoms with Gasteiger partial charge in [0.1, 0.15) is 5.02 Å².